The van der Waals surface area contributed by atoms with Gasteiger partial charge in [0, 0.05) is 7.11 Å². The molecule has 0 saturated carbocycles. The Labute approximate surface area is 163 Å². The molecule has 3 atom stereocenters. The van der Waals surface area contributed by atoms with E-state index in [-0.39, 0.29) is 19.8 Å². The van der Waals surface area contributed by atoms with E-state index in [2.05, 4.69) is 0 Å². The van der Waals surface area contributed by atoms with Crippen LogP contribution < -0.4 is 0 Å². The van der Waals surface area contributed by atoms with E-state index in [1.54, 1.807) is 0 Å². The first-order valence-electron chi connectivity index (χ1n) is 8.99. The van der Waals surface area contributed by atoms with Gasteiger partial charge in [-0.05, 0) is 11.1 Å². The van der Waals surface area contributed by atoms with Crippen LogP contribution in [0.5, 0.6) is 0 Å². The minimum Gasteiger partial charge on any atom is -0.459 e. The number of amides is 1. The zero-order valence-corrected chi connectivity index (χ0v) is 15.6. The van der Waals surface area contributed by atoms with E-state index in [0.717, 1.165) is 16.0 Å². The number of carbonyl (C=O) groups excluding carboxylic acids is 2. The van der Waals surface area contributed by atoms with Crippen molar-refractivity contribution in [2.75, 3.05) is 13.7 Å². The van der Waals surface area contributed by atoms with E-state index in [1.165, 1.54) is 7.11 Å². The quantitative estimate of drug-likeness (QED) is 0.767. The van der Waals surface area contributed by atoms with Crippen LogP contribution in [0.4, 0.5) is 4.79 Å². The summed E-state index contributed by atoms with van der Waals surface area (Å²) in [4.78, 5) is 26.3. The van der Waals surface area contributed by atoms with E-state index in [0.29, 0.717) is 0 Å². The predicted molar refractivity (Wildman–Crippen MR) is 100 cm³/mol. The molecule has 1 N–H and O–H groups in total. The van der Waals surface area contributed by atoms with Crippen LogP contribution in [0.2, 0.25) is 0 Å². The normalized spacial score (nSPS) is 21.4. The summed E-state index contributed by atoms with van der Waals surface area (Å²) in [6, 6.07) is 17.2. The summed E-state index contributed by atoms with van der Waals surface area (Å²) < 4.78 is 15.8. The second-order valence-corrected chi connectivity index (χ2v) is 6.50. The molecular weight excluding hydrogens is 362 g/mol. The average molecular weight is 385 g/mol. The van der Waals surface area contributed by atoms with Gasteiger partial charge in [-0.25, -0.2) is 9.59 Å². The summed E-state index contributed by atoms with van der Waals surface area (Å²) in [6.45, 7) is 0.152. The Morgan fingerprint density at radius 3 is 2.04 bits per heavy atom. The number of esters is 1. The Balaban J connectivity index is 1.65. The lowest BCUT2D eigenvalue weighted by Gasteiger charge is -2.23. The summed E-state index contributed by atoms with van der Waals surface area (Å²) in [5, 5.41) is 10.4. The van der Waals surface area contributed by atoms with Gasteiger partial charge >= 0.3 is 12.1 Å². The van der Waals surface area contributed by atoms with Gasteiger partial charge in [0.05, 0.1) is 6.54 Å². The van der Waals surface area contributed by atoms with Crippen molar-refractivity contribution in [3.63, 3.8) is 0 Å². The average Bonchev–Trinajstić information content (AvgIpc) is 3.08. The van der Waals surface area contributed by atoms with E-state index < -0.39 is 30.3 Å². The van der Waals surface area contributed by atoms with Gasteiger partial charge in [-0.2, -0.15) is 0 Å². The molecule has 0 aliphatic carbocycles. The molecule has 0 aromatic heterocycles. The maximum absolute atomic E-state index is 12.6. The van der Waals surface area contributed by atoms with Crippen molar-refractivity contribution in [3.05, 3.63) is 71.8 Å². The lowest BCUT2D eigenvalue weighted by Crippen LogP contribution is -2.46. The molecule has 1 heterocycles. The van der Waals surface area contributed by atoms with Crippen molar-refractivity contribution in [2.24, 2.45) is 0 Å². The van der Waals surface area contributed by atoms with Crippen LogP contribution in [0.1, 0.15) is 11.1 Å². The number of rotatable bonds is 6. The first-order valence-corrected chi connectivity index (χ1v) is 8.99. The van der Waals surface area contributed by atoms with Crippen LogP contribution in [0.15, 0.2) is 60.7 Å². The smallest absolute Gasteiger partial charge is 0.411 e. The third-order valence-electron chi connectivity index (χ3n) is 4.62. The Hall–Kier alpha value is -2.90. The minimum atomic E-state index is -1.20. The van der Waals surface area contributed by atoms with Crippen molar-refractivity contribution < 1.29 is 28.9 Å². The van der Waals surface area contributed by atoms with Gasteiger partial charge in [-0.1, -0.05) is 60.7 Å². The molecule has 0 radical (unpaired) electrons. The largest absolute Gasteiger partial charge is 0.459 e. The second-order valence-electron chi connectivity index (χ2n) is 6.50. The van der Waals surface area contributed by atoms with Crippen LogP contribution in [0.3, 0.4) is 0 Å². The van der Waals surface area contributed by atoms with E-state index in [1.807, 2.05) is 60.7 Å². The van der Waals surface area contributed by atoms with Crippen molar-refractivity contribution in [1.82, 2.24) is 4.90 Å². The molecule has 148 valence electrons. The van der Waals surface area contributed by atoms with Gasteiger partial charge in [0.1, 0.15) is 25.4 Å². The molecule has 1 saturated heterocycles. The van der Waals surface area contributed by atoms with Gasteiger partial charge in [0.2, 0.25) is 0 Å². The van der Waals surface area contributed by atoms with Gasteiger partial charge in [0.15, 0.2) is 6.04 Å². The maximum atomic E-state index is 12.6. The molecule has 1 amide bonds. The van der Waals surface area contributed by atoms with Crippen LogP contribution in [-0.2, 0) is 32.2 Å². The number of aliphatic hydroxyl groups is 1. The fraction of sp³-hybridized carbons (Fsp3) is 0.333. The first kappa shape index (κ1) is 19.9. The zero-order valence-electron chi connectivity index (χ0n) is 15.6. The van der Waals surface area contributed by atoms with E-state index >= 15 is 0 Å². The number of methoxy groups -OCH3 is 1. The molecule has 0 unspecified atom stereocenters. The summed E-state index contributed by atoms with van der Waals surface area (Å²) in [6.07, 6.45) is -2.60. The van der Waals surface area contributed by atoms with Crippen LogP contribution >= 0.6 is 0 Å². The van der Waals surface area contributed by atoms with Crippen LogP contribution in [-0.4, -0.2) is 54.0 Å². The van der Waals surface area contributed by atoms with Crippen LogP contribution in [0, 0.1) is 0 Å². The topological polar surface area (TPSA) is 85.3 Å². The predicted octanol–water partition coefficient (Wildman–Crippen LogP) is 2.13. The molecule has 2 aromatic rings. The molecule has 1 aliphatic rings. The highest BCUT2D eigenvalue weighted by atomic mass is 16.6. The van der Waals surface area contributed by atoms with Crippen molar-refractivity contribution >= 4 is 12.1 Å². The summed E-state index contributed by atoms with van der Waals surface area (Å²) in [7, 11) is 1.42. The maximum Gasteiger partial charge on any atom is 0.411 e. The molecule has 1 fully saturated rings. The number of ether oxygens (including phenoxy) is 3. The Morgan fingerprint density at radius 1 is 0.964 bits per heavy atom. The number of aliphatic hydroxyl groups excluding tert-OH is 1. The summed E-state index contributed by atoms with van der Waals surface area (Å²) in [5.41, 5.74) is 1.63. The van der Waals surface area contributed by atoms with Gasteiger partial charge in [-0.3, -0.25) is 4.90 Å². The molecular formula is C21H23NO6. The van der Waals surface area contributed by atoms with Crippen molar-refractivity contribution in [2.45, 2.75) is 31.5 Å². The van der Waals surface area contributed by atoms with Crippen molar-refractivity contribution in [3.8, 4) is 0 Å². The zero-order chi connectivity index (χ0) is 19.9. The molecule has 28 heavy (non-hydrogen) atoms. The second kappa shape index (κ2) is 9.34. The molecule has 0 spiro atoms. The third-order valence-corrected chi connectivity index (χ3v) is 4.62. The summed E-state index contributed by atoms with van der Waals surface area (Å²) in [5.74, 6) is -0.701. The number of benzene rings is 2. The van der Waals surface area contributed by atoms with E-state index in [4.69, 9.17) is 14.2 Å². The Morgan fingerprint density at radius 2 is 1.50 bits per heavy atom. The monoisotopic (exact) mass is 385 g/mol. The third kappa shape index (κ3) is 4.68. The van der Waals surface area contributed by atoms with Gasteiger partial charge < -0.3 is 19.3 Å². The molecule has 7 heteroatoms. The fourth-order valence-electron chi connectivity index (χ4n) is 3.09. The first-order chi connectivity index (χ1) is 13.6. The van der Waals surface area contributed by atoms with Gasteiger partial charge in [-0.15, -0.1) is 0 Å². The van der Waals surface area contributed by atoms with E-state index in [9.17, 15) is 14.7 Å². The van der Waals surface area contributed by atoms with Crippen LogP contribution in [0.25, 0.3) is 0 Å². The molecule has 7 nitrogen and oxygen atoms in total. The molecule has 2 aromatic carbocycles. The SMILES string of the molecule is CO[C@H]1CN(C(=O)OCc2ccccc2)[C@H](C(=O)OCc2ccccc2)[C@H]1O. The van der Waals surface area contributed by atoms with Crippen molar-refractivity contribution in [1.29, 1.82) is 0 Å². The molecule has 3 rings (SSSR count). The molecule has 0 bridgehead atoms. The lowest BCUT2D eigenvalue weighted by atomic mass is 10.1. The highest BCUT2D eigenvalue weighted by Gasteiger charge is 2.49. The Kier molecular flexibility index (Phi) is 6.62. The highest BCUT2D eigenvalue weighted by Crippen LogP contribution is 2.24. The Bertz CT molecular complexity index is 782. The lowest BCUT2D eigenvalue weighted by molar-refractivity contribution is -0.153. The number of hydrogen-bond donors (Lipinski definition) is 1. The fourth-order valence-corrected chi connectivity index (χ4v) is 3.09. The number of hydrogen-bond acceptors (Lipinski definition) is 6. The minimum absolute atomic E-state index is 0.0381. The highest BCUT2D eigenvalue weighted by molar-refractivity contribution is 5.83. The van der Waals surface area contributed by atoms with Gasteiger partial charge in [0.25, 0.3) is 0 Å². The number of likely N-dealkylation sites (tertiary alicyclic amines) is 1. The number of carbonyl (C=O) groups is 2. The summed E-state index contributed by atoms with van der Waals surface area (Å²) >= 11 is 0. The molecule has 1 aliphatic heterocycles. The standard InChI is InChI=1S/C21H23NO6/c1-26-17-12-22(21(25)28-14-16-10-6-3-7-11-16)18(19(17)23)20(24)27-13-15-8-4-2-5-9-15/h2-11,17-19,23H,12-14H2,1H3/t17-,18-,19-/m0/s1. The number of nitrogens with zero attached hydrogens (tertiary/aromatic N) is 1.